The summed E-state index contributed by atoms with van der Waals surface area (Å²) in [6.07, 6.45) is 0.918. The largest absolute Gasteiger partial charge is 0.394 e. The third-order valence-corrected chi connectivity index (χ3v) is 2.46. The summed E-state index contributed by atoms with van der Waals surface area (Å²) < 4.78 is 0. The molecule has 12 heavy (non-hydrogen) atoms. The van der Waals surface area contributed by atoms with E-state index in [9.17, 15) is 0 Å². The van der Waals surface area contributed by atoms with Crippen LogP contribution in [0.2, 0.25) is 0 Å². The zero-order valence-corrected chi connectivity index (χ0v) is 8.88. The SMILES string of the molecule is CC(C)N1CC[C@@](N)(CO)C1.S. The Bertz CT molecular complexity index is 143. The Morgan fingerprint density at radius 1 is 1.58 bits per heavy atom. The maximum atomic E-state index is 8.97. The van der Waals surface area contributed by atoms with E-state index in [0.29, 0.717) is 6.04 Å². The molecule has 0 saturated carbocycles. The summed E-state index contributed by atoms with van der Waals surface area (Å²) in [4.78, 5) is 2.30. The highest BCUT2D eigenvalue weighted by Gasteiger charge is 2.34. The van der Waals surface area contributed by atoms with Crippen LogP contribution in [0, 0.1) is 0 Å². The lowest BCUT2D eigenvalue weighted by atomic mass is 10.0. The quantitative estimate of drug-likeness (QED) is 0.642. The molecule has 0 aromatic carbocycles. The summed E-state index contributed by atoms with van der Waals surface area (Å²) >= 11 is 0. The molecule has 0 spiro atoms. The molecule has 0 aromatic rings. The molecule has 3 nitrogen and oxygen atoms in total. The van der Waals surface area contributed by atoms with Gasteiger partial charge in [-0.1, -0.05) is 0 Å². The molecule has 0 unspecified atom stereocenters. The van der Waals surface area contributed by atoms with Crippen molar-refractivity contribution in [3.63, 3.8) is 0 Å². The van der Waals surface area contributed by atoms with Crippen LogP contribution in [0.5, 0.6) is 0 Å². The second-order valence-electron chi connectivity index (χ2n) is 3.83. The van der Waals surface area contributed by atoms with Gasteiger partial charge < -0.3 is 10.8 Å². The Labute approximate surface area is 81.4 Å². The van der Waals surface area contributed by atoms with Crippen LogP contribution in [-0.2, 0) is 0 Å². The molecule has 1 saturated heterocycles. The Morgan fingerprint density at radius 3 is 2.42 bits per heavy atom. The molecule has 0 bridgehead atoms. The normalized spacial score (nSPS) is 30.8. The van der Waals surface area contributed by atoms with Crippen LogP contribution in [0.3, 0.4) is 0 Å². The number of nitrogens with zero attached hydrogens (tertiary/aromatic N) is 1. The zero-order valence-electron chi connectivity index (χ0n) is 7.88. The lowest BCUT2D eigenvalue weighted by molar-refractivity contribution is 0.184. The number of aliphatic hydroxyl groups is 1. The van der Waals surface area contributed by atoms with Gasteiger partial charge in [0.15, 0.2) is 0 Å². The van der Waals surface area contributed by atoms with Gasteiger partial charge in [0.05, 0.1) is 12.1 Å². The van der Waals surface area contributed by atoms with E-state index in [1.165, 1.54) is 0 Å². The van der Waals surface area contributed by atoms with Crippen molar-refractivity contribution in [1.82, 2.24) is 4.90 Å². The Balaban J connectivity index is 0.00000121. The molecule has 1 rings (SSSR count). The molecular formula is C8H20N2OS. The Kier molecular flexibility index (Phi) is 4.55. The summed E-state index contributed by atoms with van der Waals surface area (Å²) in [6.45, 7) is 6.28. The van der Waals surface area contributed by atoms with E-state index >= 15 is 0 Å². The van der Waals surface area contributed by atoms with Gasteiger partial charge in [-0.15, -0.1) is 0 Å². The molecule has 0 amide bonds. The maximum absolute atomic E-state index is 8.97. The first-order valence-electron chi connectivity index (χ1n) is 4.21. The number of nitrogens with two attached hydrogens (primary N) is 1. The van der Waals surface area contributed by atoms with Gasteiger partial charge in [-0.3, -0.25) is 4.90 Å². The van der Waals surface area contributed by atoms with Crippen LogP contribution in [-0.4, -0.2) is 41.3 Å². The summed E-state index contributed by atoms with van der Waals surface area (Å²) in [6, 6.07) is 0.548. The maximum Gasteiger partial charge on any atom is 0.0624 e. The number of likely N-dealkylation sites (tertiary alicyclic amines) is 1. The van der Waals surface area contributed by atoms with Gasteiger partial charge in [-0.25, -0.2) is 0 Å². The van der Waals surface area contributed by atoms with Gasteiger partial charge in [0.1, 0.15) is 0 Å². The lowest BCUT2D eigenvalue weighted by Gasteiger charge is -2.24. The van der Waals surface area contributed by atoms with Crippen LogP contribution in [0.25, 0.3) is 0 Å². The molecule has 1 atom stereocenters. The monoisotopic (exact) mass is 192 g/mol. The Hall–Kier alpha value is 0.230. The summed E-state index contributed by atoms with van der Waals surface area (Å²) in [5.41, 5.74) is 5.57. The highest BCUT2D eigenvalue weighted by atomic mass is 32.1. The van der Waals surface area contributed by atoms with Crippen molar-refractivity contribution in [2.24, 2.45) is 5.73 Å². The van der Waals surface area contributed by atoms with Gasteiger partial charge >= 0.3 is 0 Å². The third-order valence-electron chi connectivity index (χ3n) is 2.46. The fraction of sp³-hybridized carbons (Fsp3) is 1.00. The standard InChI is InChI=1S/C8H18N2O.H2S/c1-7(2)10-4-3-8(9,5-10)6-11;/h7,11H,3-6,9H2,1-2H3;1H2/t8-;/m0./s1. The number of rotatable bonds is 2. The third kappa shape index (κ3) is 2.62. The smallest absolute Gasteiger partial charge is 0.0624 e. The van der Waals surface area contributed by atoms with Crippen LogP contribution >= 0.6 is 13.5 Å². The fourth-order valence-corrected chi connectivity index (χ4v) is 1.50. The van der Waals surface area contributed by atoms with E-state index in [0.717, 1.165) is 19.5 Å². The molecule has 1 aliphatic heterocycles. The summed E-state index contributed by atoms with van der Waals surface area (Å²) in [5, 5.41) is 8.97. The molecule has 0 aromatic heterocycles. The molecule has 1 fully saturated rings. The average molecular weight is 192 g/mol. The summed E-state index contributed by atoms with van der Waals surface area (Å²) in [5.74, 6) is 0. The zero-order chi connectivity index (χ0) is 8.48. The predicted molar refractivity (Wildman–Crippen MR) is 55.7 cm³/mol. The van der Waals surface area contributed by atoms with E-state index < -0.39 is 0 Å². The van der Waals surface area contributed by atoms with Gasteiger partial charge in [0.2, 0.25) is 0 Å². The van der Waals surface area contributed by atoms with Crippen molar-refractivity contribution in [2.45, 2.75) is 31.8 Å². The lowest BCUT2D eigenvalue weighted by Crippen LogP contribution is -2.46. The number of aliphatic hydroxyl groups excluding tert-OH is 1. The van der Waals surface area contributed by atoms with Gasteiger partial charge in [-0.2, -0.15) is 13.5 Å². The van der Waals surface area contributed by atoms with Crippen molar-refractivity contribution >= 4 is 13.5 Å². The average Bonchev–Trinajstić information content (AvgIpc) is 2.33. The van der Waals surface area contributed by atoms with E-state index in [1.807, 2.05) is 0 Å². The Morgan fingerprint density at radius 2 is 2.17 bits per heavy atom. The van der Waals surface area contributed by atoms with Crippen LogP contribution in [0.1, 0.15) is 20.3 Å². The van der Waals surface area contributed by atoms with Crippen molar-refractivity contribution in [3.05, 3.63) is 0 Å². The topological polar surface area (TPSA) is 49.5 Å². The first-order valence-corrected chi connectivity index (χ1v) is 4.21. The minimum absolute atomic E-state index is 0. The van der Waals surface area contributed by atoms with Crippen LogP contribution in [0.15, 0.2) is 0 Å². The van der Waals surface area contributed by atoms with Crippen molar-refractivity contribution in [2.75, 3.05) is 19.7 Å². The minimum Gasteiger partial charge on any atom is -0.394 e. The van der Waals surface area contributed by atoms with Gasteiger partial charge in [0.25, 0.3) is 0 Å². The summed E-state index contributed by atoms with van der Waals surface area (Å²) in [7, 11) is 0. The van der Waals surface area contributed by atoms with E-state index in [-0.39, 0.29) is 25.6 Å². The number of hydrogen-bond donors (Lipinski definition) is 2. The molecule has 3 N–H and O–H groups in total. The van der Waals surface area contributed by atoms with Gasteiger partial charge in [-0.05, 0) is 20.3 Å². The second kappa shape index (κ2) is 4.46. The van der Waals surface area contributed by atoms with Crippen molar-refractivity contribution in [3.8, 4) is 0 Å². The number of hydrogen-bond acceptors (Lipinski definition) is 3. The molecule has 0 aliphatic carbocycles. The first-order chi connectivity index (χ1) is 5.07. The molecule has 1 heterocycles. The predicted octanol–water partition coefficient (Wildman–Crippen LogP) is -0.0969. The van der Waals surface area contributed by atoms with Crippen LogP contribution < -0.4 is 5.73 Å². The van der Waals surface area contributed by atoms with Crippen molar-refractivity contribution in [1.29, 1.82) is 0 Å². The highest BCUT2D eigenvalue weighted by molar-refractivity contribution is 7.59. The minimum atomic E-state index is -0.329. The first kappa shape index (κ1) is 12.2. The molecule has 0 radical (unpaired) electrons. The van der Waals surface area contributed by atoms with Gasteiger partial charge in [0, 0.05) is 19.1 Å². The van der Waals surface area contributed by atoms with E-state index in [4.69, 9.17) is 10.8 Å². The van der Waals surface area contributed by atoms with Crippen LogP contribution in [0.4, 0.5) is 0 Å². The van der Waals surface area contributed by atoms with Crippen molar-refractivity contribution < 1.29 is 5.11 Å². The molecule has 4 heteroatoms. The van der Waals surface area contributed by atoms with E-state index in [2.05, 4.69) is 18.7 Å². The highest BCUT2D eigenvalue weighted by Crippen LogP contribution is 2.19. The molecular weight excluding hydrogens is 172 g/mol. The molecule has 74 valence electrons. The van der Waals surface area contributed by atoms with E-state index in [1.54, 1.807) is 0 Å². The second-order valence-corrected chi connectivity index (χ2v) is 3.83. The molecule has 1 aliphatic rings. The fourth-order valence-electron chi connectivity index (χ4n) is 1.50.